The van der Waals surface area contributed by atoms with Crippen LogP contribution in [0.2, 0.25) is 0 Å². The molecule has 0 radical (unpaired) electrons. The largest absolute Gasteiger partial charge is 0.487 e. The Labute approximate surface area is 101 Å². The van der Waals surface area contributed by atoms with Gasteiger partial charge in [0.1, 0.15) is 5.82 Å². The lowest BCUT2D eigenvalue weighted by Gasteiger charge is -2.15. The number of carbonyl (C=O) groups is 1. The summed E-state index contributed by atoms with van der Waals surface area (Å²) in [4.78, 5) is 10.7. The van der Waals surface area contributed by atoms with Crippen molar-refractivity contribution in [1.29, 1.82) is 0 Å². The van der Waals surface area contributed by atoms with Gasteiger partial charge in [0.2, 0.25) is 0 Å². The summed E-state index contributed by atoms with van der Waals surface area (Å²) in [5.41, 5.74) is -0.674. The van der Waals surface area contributed by atoms with Crippen molar-refractivity contribution in [2.24, 2.45) is 0 Å². The quantitative estimate of drug-likeness (QED) is 0.888. The summed E-state index contributed by atoms with van der Waals surface area (Å²) in [5, 5.41) is 8.71. The zero-order valence-electron chi connectivity index (χ0n) is 9.62. The first-order valence-corrected chi connectivity index (χ1v) is 4.99. The topological polar surface area (TPSA) is 55.8 Å². The lowest BCUT2D eigenvalue weighted by molar-refractivity contribution is -0.0520. The SMILES string of the molecule is CC(C)Oc1cc(C(=O)O)c(F)cc1OC(F)F. The highest BCUT2D eigenvalue weighted by Gasteiger charge is 2.19. The maximum atomic E-state index is 13.3. The minimum absolute atomic E-state index is 0.246. The third-order valence-electron chi connectivity index (χ3n) is 1.84. The fourth-order valence-electron chi connectivity index (χ4n) is 1.23. The number of carboxylic acids is 1. The van der Waals surface area contributed by atoms with Crippen LogP contribution in [0.15, 0.2) is 12.1 Å². The van der Waals surface area contributed by atoms with Gasteiger partial charge < -0.3 is 14.6 Å². The number of ether oxygens (including phenoxy) is 2. The molecule has 1 rings (SSSR count). The van der Waals surface area contributed by atoms with Crippen molar-refractivity contribution >= 4 is 5.97 Å². The molecule has 0 bridgehead atoms. The average molecular weight is 264 g/mol. The molecule has 0 spiro atoms. The number of rotatable bonds is 5. The van der Waals surface area contributed by atoms with Crippen molar-refractivity contribution < 1.29 is 32.5 Å². The van der Waals surface area contributed by atoms with Crippen molar-refractivity contribution in [2.75, 3.05) is 0 Å². The van der Waals surface area contributed by atoms with E-state index in [9.17, 15) is 18.0 Å². The maximum Gasteiger partial charge on any atom is 0.387 e. The number of hydrogen-bond acceptors (Lipinski definition) is 3. The Hall–Kier alpha value is -1.92. The van der Waals surface area contributed by atoms with Gasteiger partial charge in [-0.3, -0.25) is 0 Å². The van der Waals surface area contributed by atoms with Gasteiger partial charge in [0.05, 0.1) is 11.7 Å². The zero-order chi connectivity index (χ0) is 13.9. The molecule has 18 heavy (non-hydrogen) atoms. The standard InChI is InChI=1S/C11H11F3O4/c1-5(2)17-8-3-6(10(15)16)7(12)4-9(8)18-11(13)14/h3-5,11H,1-2H3,(H,15,16). The van der Waals surface area contributed by atoms with Gasteiger partial charge in [-0.05, 0) is 13.8 Å². The molecule has 0 saturated heterocycles. The van der Waals surface area contributed by atoms with Crippen LogP contribution in [0.1, 0.15) is 24.2 Å². The highest BCUT2D eigenvalue weighted by atomic mass is 19.3. The molecule has 0 aromatic heterocycles. The third kappa shape index (κ3) is 3.54. The van der Waals surface area contributed by atoms with E-state index < -0.39 is 35.8 Å². The van der Waals surface area contributed by atoms with Crippen molar-refractivity contribution in [2.45, 2.75) is 26.6 Å². The second-order valence-electron chi connectivity index (χ2n) is 3.63. The van der Waals surface area contributed by atoms with Gasteiger partial charge in [-0.1, -0.05) is 0 Å². The summed E-state index contributed by atoms with van der Waals surface area (Å²) >= 11 is 0. The normalized spacial score (nSPS) is 10.8. The number of aromatic carboxylic acids is 1. The van der Waals surface area contributed by atoms with E-state index in [2.05, 4.69) is 4.74 Å². The highest BCUT2D eigenvalue weighted by Crippen LogP contribution is 2.32. The smallest absolute Gasteiger partial charge is 0.387 e. The molecule has 4 nitrogen and oxygen atoms in total. The Kier molecular flexibility index (Phi) is 4.41. The van der Waals surface area contributed by atoms with Gasteiger partial charge in [-0.2, -0.15) is 8.78 Å². The van der Waals surface area contributed by atoms with Crippen LogP contribution in [-0.2, 0) is 0 Å². The number of carboxylic acid groups (broad SMARTS) is 1. The molecule has 0 aliphatic heterocycles. The van der Waals surface area contributed by atoms with Crippen molar-refractivity contribution in [1.82, 2.24) is 0 Å². The predicted molar refractivity (Wildman–Crippen MR) is 55.8 cm³/mol. The Morgan fingerprint density at radius 2 is 1.78 bits per heavy atom. The van der Waals surface area contributed by atoms with Gasteiger partial charge in [-0.25, -0.2) is 9.18 Å². The Bertz CT molecular complexity index is 446. The van der Waals surface area contributed by atoms with Gasteiger partial charge in [0, 0.05) is 12.1 Å². The van der Waals surface area contributed by atoms with E-state index in [1.165, 1.54) is 0 Å². The molecular weight excluding hydrogens is 253 g/mol. The predicted octanol–water partition coefficient (Wildman–Crippen LogP) is 2.91. The molecule has 100 valence electrons. The monoisotopic (exact) mass is 264 g/mol. The molecule has 0 unspecified atom stereocenters. The van der Waals surface area contributed by atoms with Crippen LogP contribution in [0.3, 0.4) is 0 Å². The van der Waals surface area contributed by atoms with Gasteiger partial charge >= 0.3 is 12.6 Å². The van der Waals surface area contributed by atoms with E-state index in [1.807, 2.05) is 0 Å². The first-order valence-electron chi connectivity index (χ1n) is 4.99. The van der Waals surface area contributed by atoms with Crippen LogP contribution >= 0.6 is 0 Å². The summed E-state index contributed by atoms with van der Waals surface area (Å²) < 4.78 is 46.7. The molecular formula is C11H11F3O4. The molecule has 0 amide bonds. The van der Waals surface area contributed by atoms with E-state index in [1.54, 1.807) is 13.8 Å². The van der Waals surface area contributed by atoms with E-state index >= 15 is 0 Å². The van der Waals surface area contributed by atoms with E-state index in [0.29, 0.717) is 6.07 Å². The molecule has 1 N–H and O–H groups in total. The summed E-state index contributed by atoms with van der Waals surface area (Å²) in [7, 11) is 0. The Morgan fingerprint density at radius 1 is 1.22 bits per heavy atom. The molecule has 0 aliphatic rings. The second-order valence-corrected chi connectivity index (χ2v) is 3.63. The summed E-state index contributed by atoms with van der Waals surface area (Å²) in [5.74, 6) is -3.48. The van der Waals surface area contributed by atoms with Gasteiger partial charge in [0.25, 0.3) is 0 Å². The van der Waals surface area contributed by atoms with Crippen molar-refractivity contribution in [3.8, 4) is 11.5 Å². The van der Waals surface area contributed by atoms with Gasteiger partial charge in [-0.15, -0.1) is 0 Å². The maximum absolute atomic E-state index is 13.3. The van der Waals surface area contributed by atoms with E-state index in [-0.39, 0.29) is 5.75 Å². The van der Waals surface area contributed by atoms with E-state index in [0.717, 1.165) is 6.07 Å². The Morgan fingerprint density at radius 3 is 2.22 bits per heavy atom. The molecule has 0 atom stereocenters. The average Bonchev–Trinajstić information content (AvgIpc) is 2.19. The number of halogens is 3. The third-order valence-corrected chi connectivity index (χ3v) is 1.84. The van der Waals surface area contributed by atoms with Gasteiger partial charge in [0.15, 0.2) is 11.5 Å². The molecule has 0 saturated carbocycles. The van der Waals surface area contributed by atoms with E-state index in [4.69, 9.17) is 9.84 Å². The summed E-state index contributed by atoms with van der Waals surface area (Å²) in [6.45, 7) is 0.0564. The van der Waals surface area contributed by atoms with Crippen LogP contribution < -0.4 is 9.47 Å². The molecule has 0 heterocycles. The molecule has 1 aromatic rings. The number of hydrogen-bond donors (Lipinski definition) is 1. The van der Waals surface area contributed by atoms with Crippen LogP contribution in [0.25, 0.3) is 0 Å². The number of benzene rings is 1. The fraction of sp³-hybridized carbons (Fsp3) is 0.364. The van der Waals surface area contributed by atoms with Crippen molar-refractivity contribution in [3.05, 3.63) is 23.5 Å². The first-order chi connectivity index (χ1) is 8.31. The van der Waals surface area contributed by atoms with Crippen LogP contribution in [0, 0.1) is 5.82 Å². The fourth-order valence-corrected chi connectivity index (χ4v) is 1.23. The summed E-state index contributed by atoms with van der Waals surface area (Å²) in [6.07, 6.45) is -0.405. The van der Waals surface area contributed by atoms with Crippen molar-refractivity contribution in [3.63, 3.8) is 0 Å². The highest BCUT2D eigenvalue weighted by molar-refractivity contribution is 5.88. The minimum atomic E-state index is -3.16. The first kappa shape index (κ1) is 14.1. The van der Waals surface area contributed by atoms with Crippen LogP contribution in [-0.4, -0.2) is 23.8 Å². The molecule has 0 fully saturated rings. The lowest BCUT2D eigenvalue weighted by atomic mass is 10.2. The van der Waals surface area contributed by atoms with Crippen LogP contribution in [0.5, 0.6) is 11.5 Å². The minimum Gasteiger partial charge on any atom is -0.487 e. The zero-order valence-corrected chi connectivity index (χ0v) is 9.62. The second kappa shape index (κ2) is 5.61. The number of alkyl halides is 2. The molecule has 7 heteroatoms. The van der Waals surface area contributed by atoms with Crippen LogP contribution in [0.4, 0.5) is 13.2 Å². The lowest BCUT2D eigenvalue weighted by Crippen LogP contribution is -2.11. The Balaban J connectivity index is 3.22. The molecule has 0 aliphatic carbocycles. The molecule has 1 aromatic carbocycles. The summed E-state index contributed by atoms with van der Waals surface area (Å²) in [6, 6.07) is 1.38.